The molecule has 0 aromatic heterocycles. The van der Waals surface area contributed by atoms with E-state index in [1.165, 1.54) is 31.2 Å². The van der Waals surface area contributed by atoms with Crippen LogP contribution in [-0.2, 0) is 16.1 Å². The topological polar surface area (TPSA) is 40.6 Å². The number of ketones is 2. The van der Waals surface area contributed by atoms with Crippen molar-refractivity contribution in [3.63, 3.8) is 0 Å². The Bertz CT molecular complexity index is 711. The number of fused-ring (bicyclic) bond motifs is 1. The molecule has 2 saturated heterocycles. The lowest BCUT2D eigenvalue weighted by molar-refractivity contribution is -0.132. The van der Waals surface area contributed by atoms with Crippen molar-refractivity contribution < 1.29 is 9.59 Å². The maximum Gasteiger partial charge on any atom is 0.148 e. The van der Waals surface area contributed by atoms with Crippen LogP contribution < -0.4 is 0 Å². The zero-order chi connectivity index (χ0) is 20.9. The van der Waals surface area contributed by atoms with Crippen LogP contribution in [-0.4, -0.2) is 54.1 Å². The van der Waals surface area contributed by atoms with Gasteiger partial charge in [-0.3, -0.25) is 14.5 Å². The molecular formula is C26H38N2O2. The van der Waals surface area contributed by atoms with Crippen molar-refractivity contribution in [2.24, 2.45) is 17.8 Å². The number of hydrogen-bond donors (Lipinski definition) is 0. The van der Waals surface area contributed by atoms with Crippen LogP contribution in [0, 0.1) is 17.8 Å². The van der Waals surface area contributed by atoms with Gasteiger partial charge in [-0.05, 0) is 76.7 Å². The number of rotatable bonds is 6. The normalized spacial score (nSPS) is 29.4. The molecule has 3 fully saturated rings. The summed E-state index contributed by atoms with van der Waals surface area (Å²) in [4.78, 5) is 30.9. The predicted octanol–water partition coefficient (Wildman–Crippen LogP) is 4.33. The van der Waals surface area contributed by atoms with Gasteiger partial charge in [-0.25, -0.2) is 0 Å². The molecule has 1 aromatic rings. The number of carbonyl (C=O) groups excluding carboxylic acids is 2. The first-order chi connectivity index (χ1) is 14.6. The zero-order valence-electron chi connectivity index (χ0n) is 18.6. The summed E-state index contributed by atoms with van der Waals surface area (Å²) in [7, 11) is 2.15. The molecule has 2 heterocycles. The van der Waals surface area contributed by atoms with E-state index in [0.29, 0.717) is 18.4 Å². The standard InChI is InChI=1S/C26H38N2O2/c1-27-15-7-3-6-10-22-24(27)18-23(26(22)30)25(29)12-11-20-13-16-28(17-14-20)19-21-8-4-2-5-9-21/h2,4-5,8-9,20,22-24H,3,6-7,10-19H2,1H3. The van der Waals surface area contributed by atoms with Crippen molar-refractivity contribution in [2.45, 2.75) is 70.4 Å². The van der Waals surface area contributed by atoms with E-state index in [-0.39, 0.29) is 23.4 Å². The Kier molecular flexibility index (Phi) is 7.37. The minimum Gasteiger partial charge on any atom is -0.303 e. The molecule has 2 aliphatic heterocycles. The second kappa shape index (κ2) is 10.2. The second-order valence-corrected chi connectivity index (χ2v) is 9.90. The van der Waals surface area contributed by atoms with E-state index in [1.807, 2.05) is 0 Å². The quantitative estimate of drug-likeness (QED) is 0.655. The summed E-state index contributed by atoms with van der Waals surface area (Å²) in [6, 6.07) is 11.0. The average Bonchev–Trinajstić information content (AvgIpc) is 3.08. The Balaban J connectivity index is 1.23. The molecule has 0 radical (unpaired) electrons. The smallest absolute Gasteiger partial charge is 0.148 e. The van der Waals surface area contributed by atoms with Crippen molar-refractivity contribution in [3.05, 3.63) is 35.9 Å². The highest BCUT2D eigenvalue weighted by atomic mass is 16.2. The highest BCUT2D eigenvalue weighted by Gasteiger charge is 2.46. The Morgan fingerprint density at radius 3 is 2.53 bits per heavy atom. The monoisotopic (exact) mass is 410 g/mol. The minimum atomic E-state index is -0.321. The molecule has 4 rings (SSSR count). The van der Waals surface area contributed by atoms with Crippen LogP contribution in [0.25, 0.3) is 0 Å². The molecule has 3 aliphatic rings. The first-order valence-electron chi connectivity index (χ1n) is 12.1. The van der Waals surface area contributed by atoms with Crippen molar-refractivity contribution in [1.29, 1.82) is 0 Å². The summed E-state index contributed by atoms with van der Waals surface area (Å²) in [5.74, 6) is 0.904. The SMILES string of the molecule is CN1CCCCCC2C(=O)C(C(=O)CCC3CCN(Cc4ccccc4)CC3)CC21. The lowest BCUT2D eigenvalue weighted by Crippen LogP contribution is -2.38. The number of Topliss-reactive ketones (excluding diaryl/α,β-unsaturated/α-hetero) is 2. The van der Waals surface area contributed by atoms with Crippen LogP contribution in [0.2, 0.25) is 0 Å². The van der Waals surface area contributed by atoms with Crippen molar-refractivity contribution in [2.75, 3.05) is 26.7 Å². The second-order valence-electron chi connectivity index (χ2n) is 9.90. The van der Waals surface area contributed by atoms with Crippen molar-refractivity contribution >= 4 is 11.6 Å². The van der Waals surface area contributed by atoms with Gasteiger partial charge in [0.15, 0.2) is 0 Å². The highest BCUT2D eigenvalue weighted by Crippen LogP contribution is 2.37. The van der Waals surface area contributed by atoms with E-state index in [1.54, 1.807) is 0 Å². The number of nitrogens with zero attached hydrogens (tertiary/aromatic N) is 2. The van der Waals surface area contributed by atoms with E-state index in [9.17, 15) is 9.59 Å². The number of likely N-dealkylation sites (tertiary alicyclic amines) is 2. The molecule has 3 unspecified atom stereocenters. The molecule has 0 N–H and O–H groups in total. The fourth-order valence-electron chi connectivity index (χ4n) is 5.95. The van der Waals surface area contributed by atoms with Crippen LogP contribution in [0.3, 0.4) is 0 Å². The summed E-state index contributed by atoms with van der Waals surface area (Å²) in [6.07, 6.45) is 9.24. The third kappa shape index (κ3) is 5.20. The molecule has 4 nitrogen and oxygen atoms in total. The molecule has 0 amide bonds. The van der Waals surface area contributed by atoms with Gasteiger partial charge in [0.1, 0.15) is 11.6 Å². The summed E-state index contributed by atoms with van der Waals surface area (Å²) in [5.41, 5.74) is 1.38. The molecule has 30 heavy (non-hydrogen) atoms. The largest absolute Gasteiger partial charge is 0.303 e. The van der Waals surface area contributed by atoms with E-state index in [2.05, 4.69) is 47.2 Å². The Hall–Kier alpha value is -1.52. The number of piperidine rings is 1. The van der Waals surface area contributed by atoms with Crippen molar-refractivity contribution in [1.82, 2.24) is 9.80 Å². The average molecular weight is 411 g/mol. The van der Waals surface area contributed by atoms with Crippen LogP contribution in [0.4, 0.5) is 0 Å². The number of benzene rings is 1. The highest BCUT2D eigenvalue weighted by molar-refractivity contribution is 6.05. The molecule has 1 saturated carbocycles. The molecule has 4 heteroatoms. The fraction of sp³-hybridized carbons (Fsp3) is 0.692. The van der Waals surface area contributed by atoms with Crippen LogP contribution in [0.5, 0.6) is 0 Å². The molecule has 0 bridgehead atoms. The number of carbonyl (C=O) groups is 2. The fourth-order valence-corrected chi connectivity index (χ4v) is 5.95. The summed E-state index contributed by atoms with van der Waals surface area (Å²) >= 11 is 0. The molecule has 0 spiro atoms. The molecule has 1 aromatic carbocycles. The van der Waals surface area contributed by atoms with Gasteiger partial charge in [0.25, 0.3) is 0 Å². The zero-order valence-corrected chi connectivity index (χ0v) is 18.6. The lowest BCUT2D eigenvalue weighted by atomic mass is 9.87. The van der Waals surface area contributed by atoms with E-state index in [0.717, 1.165) is 51.9 Å². The van der Waals surface area contributed by atoms with Gasteiger partial charge in [-0.2, -0.15) is 0 Å². The van der Waals surface area contributed by atoms with E-state index in [4.69, 9.17) is 0 Å². The van der Waals surface area contributed by atoms with Gasteiger partial charge in [0, 0.05) is 24.9 Å². The van der Waals surface area contributed by atoms with Gasteiger partial charge < -0.3 is 4.90 Å². The Labute approximate surface area is 182 Å². The molecule has 164 valence electrons. The van der Waals surface area contributed by atoms with Crippen LogP contribution in [0.1, 0.15) is 63.4 Å². The van der Waals surface area contributed by atoms with Crippen LogP contribution in [0.15, 0.2) is 30.3 Å². The van der Waals surface area contributed by atoms with Crippen molar-refractivity contribution in [3.8, 4) is 0 Å². The van der Waals surface area contributed by atoms with E-state index < -0.39 is 0 Å². The van der Waals surface area contributed by atoms with Gasteiger partial charge in [-0.1, -0.05) is 43.2 Å². The Morgan fingerprint density at radius 1 is 1.00 bits per heavy atom. The van der Waals surface area contributed by atoms with Crippen LogP contribution >= 0.6 is 0 Å². The maximum atomic E-state index is 13.0. The summed E-state index contributed by atoms with van der Waals surface area (Å²) in [5, 5.41) is 0. The third-order valence-electron chi connectivity index (χ3n) is 7.89. The molecule has 3 atom stereocenters. The van der Waals surface area contributed by atoms with Gasteiger partial charge >= 0.3 is 0 Å². The summed E-state index contributed by atoms with van der Waals surface area (Å²) < 4.78 is 0. The van der Waals surface area contributed by atoms with E-state index >= 15 is 0 Å². The number of hydrogen-bond acceptors (Lipinski definition) is 4. The first-order valence-corrected chi connectivity index (χ1v) is 12.1. The predicted molar refractivity (Wildman–Crippen MR) is 120 cm³/mol. The summed E-state index contributed by atoms with van der Waals surface area (Å²) in [6.45, 7) is 4.33. The van der Waals surface area contributed by atoms with Gasteiger partial charge in [0.2, 0.25) is 0 Å². The minimum absolute atomic E-state index is 0.102. The molecule has 1 aliphatic carbocycles. The molecular weight excluding hydrogens is 372 g/mol. The maximum absolute atomic E-state index is 13.0. The third-order valence-corrected chi connectivity index (χ3v) is 7.89. The Morgan fingerprint density at radius 2 is 1.77 bits per heavy atom. The first kappa shape index (κ1) is 21.7. The van der Waals surface area contributed by atoms with Gasteiger partial charge in [-0.15, -0.1) is 0 Å². The lowest BCUT2D eigenvalue weighted by Gasteiger charge is -2.32. The van der Waals surface area contributed by atoms with Gasteiger partial charge in [0.05, 0.1) is 5.92 Å².